The van der Waals surface area contributed by atoms with Crippen molar-refractivity contribution >= 4 is 29.2 Å². The molecule has 3 heterocycles. The fraction of sp³-hybridized carbons (Fsp3) is 0.745. The van der Waals surface area contributed by atoms with E-state index >= 15 is 0 Å². The van der Waals surface area contributed by atoms with Gasteiger partial charge in [0.2, 0.25) is 5.79 Å². The molecule has 2 saturated heterocycles. The van der Waals surface area contributed by atoms with E-state index in [4.69, 9.17) is 23.7 Å². The van der Waals surface area contributed by atoms with Gasteiger partial charge in [-0.15, -0.1) is 0 Å². The van der Waals surface area contributed by atoms with Crippen LogP contribution in [0.3, 0.4) is 0 Å². The quantitative estimate of drug-likeness (QED) is 0.202. The van der Waals surface area contributed by atoms with E-state index in [9.17, 15) is 39.3 Å². The first-order valence-corrected chi connectivity index (χ1v) is 23.9. The maximum atomic E-state index is 14.4. The summed E-state index contributed by atoms with van der Waals surface area (Å²) in [5.41, 5.74) is 1.19. The number of aliphatic hydroxyl groups excluding tert-OH is 2. The van der Waals surface area contributed by atoms with Crippen molar-refractivity contribution in [2.24, 2.45) is 35.5 Å². The molecule has 366 valence electrons. The number of hydrogen-bond donors (Lipinski definition) is 3. The van der Waals surface area contributed by atoms with Crippen LogP contribution in [-0.2, 0) is 47.7 Å². The third-order valence-electron chi connectivity index (χ3n) is 14.5. The topological polar surface area (TPSA) is 195 Å². The lowest BCUT2D eigenvalue weighted by atomic mass is 9.78. The summed E-state index contributed by atoms with van der Waals surface area (Å²) in [7, 11) is 4.53. The van der Waals surface area contributed by atoms with E-state index in [-0.39, 0.29) is 54.8 Å². The largest absolute Gasteiger partial charge is 0.460 e. The summed E-state index contributed by atoms with van der Waals surface area (Å²) in [4.78, 5) is 71.7. The lowest BCUT2D eigenvalue weighted by Crippen LogP contribution is -2.61. The molecule has 14 nitrogen and oxygen atoms in total. The fourth-order valence-electron chi connectivity index (χ4n) is 10.1. The number of ketones is 3. The highest BCUT2D eigenvalue weighted by Gasteiger charge is 2.53. The molecule has 2 bridgehead atoms. The van der Waals surface area contributed by atoms with Gasteiger partial charge in [0.1, 0.15) is 18.2 Å². The van der Waals surface area contributed by atoms with Gasteiger partial charge >= 0.3 is 5.97 Å². The molecule has 1 saturated carbocycles. The average molecular weight is 914 g/mol. The number of aliphatic hydroxyl groups is 3. The molecule has 15 atom stereocenters. The Bertz CT molecular complexity index is 1760. The molecule has 4 aliphatic rings. The molecular formula is C51H79NO13. The van der Waals surface area contributed by atoms with Crippen molar-refractivity contribution in [1.29, 1.82) is 0 Å². The summed E-state index contributed by atoms with van der Waals surface area (Å²) in [6, 6.07) is -1.14. The average Bonchev–Trinajstić information content (AvgIpc) is 3.28. The first-order valence-electron chi connectivity index (χ1n) is 23.9. The van der Waals surface area contributed by atoms with Crippen LogP contribution in [0.5, 0.6) is 0 Å². The zero-order chi connectivity index (χ0) is 48.2. The second-order valence-electron chi connectivity index (χ2n) is 19.6. The molecule has 0 aromatic rings. The Kier molecular flexibility index (Phi) is 21.0. The van der Waals surface area contributed by atoms with E-state index in [1.54, 1.807) is 41.1 Å². The van der Waals surface area contributed by atoms with Crippen molar-refractivity contribution in [2.45, 2.75) is 180 Å². The summed E-state index contributed by atoms with van der Waals surface area (Å²) in [6.07, 6.45) is 11.2. The van der Waals surface area contributed by atoms with Gasteiger partial charge in [0.15, 0.2) is 11.6 Å². The Hall–Kier alpha value is -3.37. The van der Waals surface area contributed by atoms with E-state index in [0.717, 1.165) is 12.0 Å². The van der Waals surface area contributed by atoms with Crippen molar-refractivity contribution in [2.75, 3.05) is 27.9 Å². The molecule has 0 aromatic heterocycles. The van der Waals surface area contributed by atoms with Crippen LogP contribution < -0.4 is 0 Å². The molecule has 0 spiro atoms. The minimum absolute atomic E-state index is 0.0220. The van der Waals surface area contributed by atoms with E-state index < -0.39 is 83.9 Å². The number of allylic oxidation sites excluding steroid dienone is 6. The predicted octanol–water partition coefficient (Wildman–Crippen LogP) is 6.18. The lowest BCUT2D eigenvalue weighted by Gasteiger charge is -2.42. The van der Waals surface area contributed by atoms with Crippen molar-refractivity contribution in [3.63, 3.8) is 0 Å². The van der Waals surface area contributed by atoms with Gasteiger partial charge in [-0.25, -0.2) is 4.79 Å². The fourth-order valence-corrected chi connectivity index (χ4v) is 10.1. The third-order valence-corrected chi connectivity index (χ3v) is 14.5. The van der Waals surface area contributed by atoms with Crippen LogP contribution >= 0.6 is 0 Å². The molecule has 3 aliphatic heterocycles. The molecule has 1 amide bonds. The molecule has 3 N–H and O–H groups in total. The second-order valence-corrected chi connectivity index (χ2v) is 19.6. The maximum Gasteiger partial charge on any atom is 0.329 e. The first-order chi connectivity index (χ1) is 30.7. The summed E-state index contributed by atoms with van der Waals surface area (Å²) in [5, 5.41) is 33.9. The number of piperidine rings is 1. The van der Waals surface area contributed by atoms with Crippen molar-refractivity contribution in [3.05, 3.63) is 47.6 Å². The molecule has 1 aliphatic carbocycles. The number of methoxy groups -OCH3 is 3. The number of fused-ring (bicyclic) bond motifs is 3. The van der Waals surface area contributed by atoms with Crippen molar-refractivity contribution in [1.82, 2.24) is 4.90 Å². The van der Waals surface area contributed by atoms with Gasteiger partial charge in [-0.2, -0.15) is 0 Å². The smallest absolute Gasteiger partial charge is 0.329 e. The monoisotopic (exact) mass is 914 g/mol. The standard InChI is InChI=1S/C51H79NO13/c1-30-16-12-11-13-17-31(2)42(61-8)28-38-21-19-36(7)51(60,65-38)48(57)49(58)52-23-15-14-18-39(52)50(59)64-43(33(4)26-37-20-22-40(53)44(27-37)62-9)29-41(54)32(3)25-35(6)46(56)47(63-10)45(55)34(5)24-30/h11-13,16-17,25,30,33-40,42-44,46-47,53,56,60H,14-15,18-24,26-29H2,1-10H3/b13-11?,16-12?,31-17?,32-25+/t30-,33-,34-,35?,36-,37+,38+,39+,40-,42+,43+,44-,46-,47+,51-/m1/s1. The Morgan fingerprint density at radius 3 is 2.26 bits per heavy atom. The van der Waals surface area contributed by atoms with Gasteiger partial charge in [-0.05, 0) is 107 Å². The second kappa shape index (κ2) is 25.1. The Balaban J connectivity index is 1.70. The van der Waals surface area contributed by atoms with Crippen LogP contribution in [0.4, 0.5) is 0 Å². The predicted molar refractivity (Wildman–Crippen MR) is 245 cm³/mol. The molecule has 65 heavy (non-hydrogen) atoms. The molecule has 14 heteroatoms. The van der Waals surface area contributed by atoms with E-state index in [1.807, 2.05) is 58.1 Å². The highest BCUT2D eigenvalue weighted by atomic mass is 16.6. The van der Waals surface area contributed by atoms with Crippen LogP contribution in [0.2, 0.25) is 0 Å². The van der Waals surface area contributed by atoms with Gasteiger partial charge in [-0.3, -0.25) is 19.2 Å². The summed E-state index contributed by atoms with van der Waals surface area (Å²) >= 11 is 0. The number of cyclic esters (lactones) is 1. The van der Waals surface area contributed by atoms with E-state index in [0.29, 0.717) is 63.4 Å². The van der Waals surface area contributed by atoms with Crippen molar-refractivity contribution in [3.8, 4) is 0 Å². The molecule has 1 unspecified atom stereocenters. The van der Waals surface area contributed by atoms with Crippen molar-refractivity contribution < 1.29 is 63.0 Å². The van der Waals surface area contributed by atoms with Crippen LogP contribution in [0.15, 0.2) is 47.6 Å². The van der Waals surface area contributed by atoms with Gasteiger partial charge in [0.25, 0.3) is 11.7 Å². The first kappa shape index (κ1) is 54.2. The van der Waals surface area contributed by atoms with Crippen LogP contribution in [-0.4, -0.2) is 132 Å². The molecule has 0 aromatic carbocycles. The highest BCUT2D eigenvalue weighted by Crippen LogP contribution is 2.38. The summed E-state index contributed by atoms with van der Waals surface area (Å²) < 4.78 is 29.4. The number of amides is 1. The number of rotatable bonds is 6. The van der Waals surface area contributed by atoms with Crippen LogP contribution in [0, 0.1) is 35.5 Å². The molecule has 3 fully saturated rings. The van der Waals surface area contributed by atoms with Gasteiger partial charge in [0, 0.05) is 58.5 Å². The van der Waals surface area contributed by atoms with Gasteiger partial charge in [0.05, 0.1) is 30.5 Å². The van der Waals surface area contributed by atoms with Gasteiger partial charge in [-0.1, -0.05) is 71.1 Å². The zero-order valence-corrected chi connectivity index (χ0v) is 40.6. The van der Waals surface area contributed by atoms with Crippen LogP contribution in [0.25, 0.3) is 0 Å². The number of Topliss-reactive ketones (excluding diaryl/α,β-unsaturated/α-hetero) is 3. The maximum absolute atomic E-state index is 14.4. The number of carbonyl (C=O) groups excluding carboxylic acids is 5. The molecule has 4 rings (SSSR count). The summed E-state index contributed by atoms with van der Waals surface area (Å²) in [5.74, 6) is -7.93. The lowest BCUT2D eigenvalue weighted by molar-refractivity contribution is -0.265. The minimum atomic E-state index is -2.43. The van der Waals surface area contributed by atoms with E-state index in [1.165, 1.54) is 12.0 Å². The summed E-state index contributed by atoms with van der Waals surface area (Å²) in [6.45, 7) is 12.7. The van der Waals surface area contributed by atoms with Crippen LogP contribution in [0.1, 0.15) is 126 Å². The third kappa shape index (κ3) is 14.3. The normalized spacial score (nSPS) is 38.6. The van der Waals surface area contributed by atoms with Gasteiger partial charge < -0.3 is 43.9 Å². The van der Waals surface area contributed by atoms with E-state index in [2.05, 4.69) is 0 Å². The minimum Gasteiger partial charge on any atom is -0.460 e. The zero-order valence-electron chi connectivity index (χ0n) is 40.6. The Morgan fingerprint density at radius 1 is 0.862 bits per heavy atom. The number of ether oxygens (including phenoxy) is 5. The molecule has 0 radical (unpaired) electrons. The molecular weight excluding hydrogens is 835 g/mol. The number of nitrogens with zero attached hydrogens (tertiary/aromatic N) is 1. The number of hydrogen-bond acceptors (Lipinski definition) is 13. The Morgan fingerprint density at radius 2 is 1.58 bits per heavy atom. The highest BCUT2D eigenvalue weighted by molar-refractivity contribution is 6.39. The Labute approximate surface area is 387 Å². The number of esters is 1. The SMILES string of the molecule is CO[C@H]1C[C@@H]2CC[C@@H](C)[C@@](O)(O2)C(=O)C(=O)N2CCCC[C@H]2C(=O)O[C@H]([C@H](C)C[C@@H]2CC[C@@H](O)[C@H](OC)C2)CC(=O)/C(C)=C/C(C)[C@@H](O)[C@@H](OC)C(=O)[C@H](C)C[C@H](C)C=CC=CC=C1C. The number of carbonyl (C=O) groups is 5.